The van der Waals surface area contributed by atoms with E-state index in [1.807, 2.05) is 50.2 Å². The van der Waals surface area contributed by atoms with Crippen LogP contribution >= 0.6 is 0 Å². The summed E-state index contributed by atoms with van der Waals surface area (Å²) in [5, 5.41) is 9.57. The molecule has 0 fully saturated rings. The van der Waals surface area contributed by atoms with E-state index in [2.05, 4.69) is 11.1 Å². The average molecular weight is 392 g/mol. The van der Waals surface area contributed by atoms with Gasteiger partial charge in [-0.2, -0.15) is 5.26 Å². The molecule has 0 aliphatic carbocycles. The fraction of sp³-hybridized carbons (Fsp3) is 0.0800. The monoisotopic (exact) mass is 392 g/mol. The second-order valence-corrected chi connectivity index (χ2v) is 7.13. The zero-order valence-corrected chi connectivity index (χ0v) is 16.8. The van der Waals surface area contributed by atoms with Crippen LogP contribution < -0.4 is 11.3 Å². The molecule has 4 rings (SSSR count). The summed E-state index contributed by atoms with van der Waals surface area (Å²) in [5.41, 5.74) is 12.2. The number of nitrogens with zero attached hydrogens (tertiary/aromatic N) is 3. The Morgan fingerprint density at radius 1 is 1.00 bits per heavy atom. The summed E-state index contributed by atoms with van der Waals surface area (Å²) < 4.78 is 1.60. The number of nitrogen functional groups attached to an aromatic ring is 1. The van der Waals surface area contributed by atoms with Gasteiger partial charge in [-0.25, -0.2) is 0 Å². The van der Waals surface area contributed by atoms with E-state index in [0.717, 1.165) is 22.4 Å². The highest BCUT2D eigenvalue weighted by Gasteiger charge is 2.16. The maximum absolute atomic E-state index is 13.6. The number of nitrogens with two attached hydrogens (primary N) is 1. The molecule has 0 aliphatic heterocycles. The number of hydrogen-bond acceptors (Lipinski definition) is 4. The summed E-state index contributed by atoms with van der Waals surface area (Å²) in [6, 6.07) is 20.5. The third kappa shape index (κ3) is 3.25. The molecule has 30 heavy (non-hydrogen) atoms. The first-order valence-electron chi connectivity index (χ1n) is 9.55. The Morgan fingerprint density at radius 3 is 2.50 bits per heavy atom. The molecule has 0 radical (unpaired) electrons. The molecule has 5 nitrogen and oxygen atoms in total. The van der Waals surface area contributed by atoms with Gasteiger partial charge in [-0.1, -0.05) is 30.3 Å². The van der Waals surface area contributed by atoms with Crippen LogP contribution in [0.4, 0.5) is 5.69 Å². The summed E-state index contributed by atoms with van der Waals surface area (Å²) in [6.07, 6.45) is 3.49. The van der Waals surface area contributed by atoms with E-state index in [9.17, 15) is 10.1 Å². The van der Waals surface area contributed by atoms with Crippen LogP contribution in [0.5, 0.6) is 0 Å². The molecule has 0 aliphatic rings. The minimum Gasteiger partial charge on any atom is -0.398 e. The Hall–Kier alpha value is -4.17. The van der Waals surface area contributed by atoms with Gasteiger partial charge in [0.05, 0.1) is 23.0 Å². The Bertz CT molecular complexity index is 1350. The van der Waals surface area contributed by atoms with Crippen molar-refractivity contribution in [3.05, 3.63) is 100 Å². The molecule has 0 amide bonds. The van der Waals surface area contributed by atoms with Crippen molar-refractivity contribution in [1.82, 2.24) is 9.55 Å². The van der Waals surface area contributed by atoms with Crippen molar-refractivity contribution in [2.45, 2.75) is 13.8 Å². The molecule has 5 heteroatoms. The van der Waals surface area contributed by atoms with Gasteiger partial charge < -0.3 is 5.73 Å². The van der Waals surface area contributed by atoms with Gasteiger partial charge in [0.15, 0.2) is 0 Å². The molecule has 0 spiro atoms. The number of pyridine rings is 2. The van der Waals surface area contributed by atoms with E-state index in [0.29, 0.717) is 28.1 Å². The second-order valence-electron chi connectivity index (χ2n) is 7.13. The maximum Gasteiger partial charge on any atom is 0.263 e. The SMILES string of the molecule is Cc1ccc(-n2cc(-c3ccccn3)cc(-c3ccccc3C#N)c2=O)c(C)c1N. The van der Waals surface area contributed by atoms with Crippen LogP contribution in [0.3, 0.4) is 0 Å². The van der Waals surface area contributed by atoms with Crippen molar-refractivity contribution >= 4 is 5.69 Å². The van der Waals surface area contributed by atoms with Crippen LogP contribution in [-0.2, 0) is 0 Å². The van der Waals surface area contributed by atoms with Gasteiger partial charge >= 0.3 is 0 Å². The number of rotatable bonds is 3. The number of aryl methyl sites for hydroxylation is 1. The molecule has 146 valence electrons. The van der Waals surface area contributed by atoms with Crippen LogP contribution in [0.1, 0.15) is 16.7 Å². The molecule has 0 saturated carbocycles. The molecule has 2 aromatic heterocycles. The minimum atomic E-state index is -0.219. The Morgan fingerprint density at radius 2 is 1.77 bits per heavy atom. The third-order valence-corrected chi connectivity index (χ3v) is 5.28. The van der Waals surface area contributed by atoms with Crippen LogP contribution in [0.2, 0.25) is 0 Å². The lowest BCUT2D eigenvalue weighted by Gasteiger charge is -2.16. The summed E-state index contributed by atoms with van der Waals surface area (Å²) in [7, 11) is 0. The van der Waals surface area contributed by atoms with E-state index in [1.165, 1.54) is 0 Å². The van der Waals surface area contributed by atoms with Gasteiger partial charge in [0.1, 0.15) is 0 Å². The van der Waals surface area contributed by atoms with Crippen molar-refractivity contribution in [1.29, 1.82) is 5.26 Å². The molecule has 0 atom stereocenters. The lowest BCUT2D eigenvalue weighted by molar-refractivity contribution is 0.980. The van der Waals surface area contributed by atoms with Gasteiger partial charge in [0.25, 0.3) is 5.56 Å². The molecule has 0 unspecified atom stereocenters. The van der Waals surface area contributed by atoms with E-state index >= 15 is 0 Å². The van der Waals surface area contributed by atoms with Gasteiger partial charge in [-0.05, 0) is 55.3 Å². The molecule has 0 bridgehead atoms. The normalized spacial score (nSPS) is 10.6. The largest absolute Gasteiger partial charge is 0.398 e. The van der Waals surface area contributed by atoms with E-state index < -0.39 is 0 Å². The minimum absolute atomic E-state index is 0.219. The number of nitriles is 1. The summed E-state index contributed by atoms with van der Waals surface area (Å²) >= 11 is 0. The standard InChI is InChI=1S/C25H20N4O/c1-16-10-11-23(17(2)24(16)27)29-15-19(22-9-5-6-12-28-22)13-21(25(29)30)20-8-4-3-7-18(20)14-26/h3-13,15H,27H2,1-2H3. The van der Waals surface area contributed by atoms with Crippen molar-refractivity contribution in [2.24, 2.45) is 0 Å². The fourth-order valence-electron chi connectivity index (χ4n) is 3.56. The van der Waals surface area contributed by atoms with Gasteiger partial charge in [0.2, 0.25) is 0 Å². The Labute approximate surface area is 174 Å². The zero-order chi connectivity index (χ0) is 21.3. The Balaban J connectivity index is 2.08. The molecular weight excluding hydrogens is 372 g/mol. The Kier molecular flexibility index (Phi) is 4.91. The summed E-state index contributed by atoms with van der Waals surface area (Å²) in [6.45, 7) is 3.84. The van der Waals surface area contributed by atoms with E-state index in [1.54, 1.807) is 41.2 Å². The molecular formula is C25H20N4O. The highest BCUT2D eigenvalue weighted by atomic mass is 16.1. The molecule has 2 aromatic carbocycles. The predicted octanol–water partition coefficient (Wildman–Crippen LogP) is 4.64. The molecule has 0 saturated heterocycles. The predicted molar refractivity (Wildman–Crippen MR) is 119 cm³/mol. The van der Waals surface area contributed by atoms with Crippen LogP contribution in [-0.4, -0.2) is 9.55 Å². The highest BCUT2D eigenvalue weighted by molar-refractivity contribution is 5.75. The number of benzene rings is 2. The second kappa shape index (κ2) is 7.69. The first kappa shape index (κ1) is 19.2. The van der Waals surface area contributed by atoms with Crippen molar-refractivity contribution in [3.63, 3.8) is 0 Å². The van der Waals surface area contributed by atoms with Crippen LogP contribution in [0.25, 0.3) is 28.1 Å². The molecule has 2 heterocycles. The summed E-state index contributed by atoms with van der Waals surface area (Å²) in [4.78, 5) is 18.0. The number of hydrogen-bond donors (Lipinski definition) is 1. The van der Waals surface area contributed by atoms with Crippen molar-refractivity contribution in [3.8, 4) is 34.1 Å². The maximum atomic E-state index is 13.6. The van der Waals surface area contributed by atoms with Gasteiger partial charge in [-0.3, -0.25) is 14.3 Å². The highest BCUT2D eigenvalue weighted by Crippen LogP contribution is 2.28. The molecule has 2 N–H and O–H groups in total. The summed E-state index contributed by atoms with van der Waals surface area (Å²) in [5.74, 6) is 0. The fourth-order valence-corrected chi connectivity index (χ4v) is 3.56. The first-order valence-corrected chi connectivity index (χ1v) is 9.55. The van der Waals surface area contributed by atoms with Crippen LogP contribution in [0.15, 0.2) is 77.9 Å². The van der Waals surface area contributed by atoms with Crippen molar-refractivity contribution in [2.75, 3.05) is 5.73 Å². The topological polar surface area (TPSA) is 84.7 Å². The lowest BCUT2D eigenvalue weighted by atomic mass is 9.99. The third-order valence-electron chi connectivity index (χ3n) is 5.28. The van der Waals surface area contributed by atoms with Crippen molar-refractivity contribution < 1.29 is 0 Å². The van der Waals surface area contributed by atoms with Crippen LogP contribution in [0, 0.1) is 25.2 Å². The smallest absolute Gasteiger partial charge is 0.263 e. The number of aromatic nitrogens is 2. The van der Waals surface area contributed by atoms with Gasteiger partial charge in [-0.15, -0.1) is 0 Å². The quantitative estimate of drug-likeness (QED) is 0.515. The number of anilines is 1. The lowest BCUT2D eigenvalue weighted by Crippen LogP contribution is -2.21. The average Bonchev–Trinajstić information content (AvgIpc) is 2.79. The molecule has 4 aromatic rings. The van der Waals surface area contributed by atoms with E-state index in [4.69, 9.17) is 5.73 Å². The van der Waals surface area contributed by atoms with Gasteiger partial charge in [0, 0.05) is 34.8 Å². The zero-order valence-electron chi connectivity index (χ0n) is 16.8. The van der Waals surface area contributed by atoms with E-state index in [-0.39, 0.29) is 5.56 Å². The first-order chi connectivity index (χ1) is 14.5.